The molecule has 0 fully saturated rings. The lowest BCUT2D eigenvalue weighted by Gasteiger charge is -2.24. The van der Waals surface area contributed by atoms with Gasteiger partial charge in [-0.05, 0) is 24.1 Å². The van der Waals surface area contributed by atoms with Gasteiger partial charge in [-0.25, -0.2) is 0 Å². The van der Waals surface area contributed by atoms with Crippen LogP contribution in [-0.4, -0.2) is 11.7 Å². The van der Waals surface area contributed by atoms with Crippen LogP contribution >= 0.6 is 0 Å². The number of amidine groups is 1. The van der Waals surface area contributed by atoms with Crippen molar-refractivity contribution in [2.45, 2.75) is 13.5 Å². The van der Waals surface area contributed by atoms with Crippen molar-refractivity contribution in [3.05, 3.63) is 41.5 Å². The van der Waals surface area contributed by atoms with Gasteiger partial charge in [0.2, 0.25) is 0 Å². The molecule has 0 aliphatic carbocycles. The molecule has 2 heterocycles. The van der Waals surface area contributed by atoms with Crippen LogP contribution in [0.15, 0.2) is 40.9 Å². The van der Waals surface area contributed by atoms with Crippen LogP contribution in [0.25, 0.3) is 0 Å². The Balaban J connectivity index is 2.19. The molecule has 0 atom stereocenters. The quantitative estimate of drug-likeness (QED) is 0.626. The number of anilines is 1. The molecular formula is C12H10N2O. The van der Waals surface area contributed by atoms with Gasteiger partial charge in [-0.3, -0.25) is 14.7 Å². The van der Waals surface area contributed by atoms with Crippen LogP contribution in [0.2, 0.25) is 0 Å². The zero-order valence-corrected chi connectivity index (χ0v) is 8.40. The summed E-state index contributed by atoms with van der Waals surface area (Å²) in [6.45, 7) is 2.59. The molecule has 0 saturated heterocycles. The number of fused-ring (bicyclic) bond motifs is 3. The largest absolute Gasteiger partial charge is 0.269 e. The van der Waals surface area contributed by atoms with E-state index in [1.165, 1.54) is 0 Å². The molecule has 3 heteroatoms. The van der Waals surface area contributed by atoms with Crippen LogP contribution in [0.4, 0.5) is 5.69 Å². The molecule has 2 aliphatic heterocycles. The molecule has 1 aromatic carbocycles. The molecule has 3 rings (SSSR count). The van der Waals surface area contributed by atoms with Crippen LogP contribution in [0.3, 0.4) is 0 Å². The molecule has 0 radical (unpaired) electrons. The first-order valence-corrected chi connectivity index (χ1v) is 4.92. The number of carbonyl (C=O) groups excluding carboxylic acids is 1. The van der Waals surface area contributed by atoms with Crippen LogP contribution in [0, 0.1) is 0 Å². The number of aliphatic imine (C=N–C) groups is 1. The molecule has 0 spiro atoms. The number of amides is 1. The minimum Gasteiger partial charge on any atom is -0.269 e. The van der Waals surface area contributed by atoms with E-state index in [1.54, 1.807) is 11.0 Å². The summed E-state index contributed by atoms with van der Waals surface area (Å²) >= 11 is 0. The molecule has 74 valence electrons. The zero-order chi connectivity index (χ0) is 10.4. The molecule has 0 N–H and O–H groups in total. The van der Waals surface area contributed by atoms with Gasteiger partial charge in [-0.15, -0.1) is 0 Å². The van der Waals surface area contributed by atoms with Crippen molar-refractivity contribution in [3.8, 4) is 0 Å². The number of rotatable bonds is 0. The Morgan fingerprint density at radius 2 is 2.13 bits per heavy atom. The molecule has 15 heavy (non-hydrogen) atoms. The van der Waals surface area contributed by atoms with Crippen molar-refractivity contribution >= 4 is 17.4 Å². The summed E-state index contributed by atoms with van der Waals surface area (Å²) in [6.07, 6.45) is 1.64. The number of hydrogen-bond donors (Lipinski definition) is 0. The van der Waals surface area contributed by atoms with E-state index in [1.807, 2.05) is 31.2 Å². The van der Waals surface area contributed by atoms with E-state index in [0.717, 1.165) is 22.7 Å². The molecule has 0 saturated carbocycles. The predicted octanol–water partition coefficient (Wildman–Crippen LogP) is 1.89. The molecule has 2 aliphatic rings. The first-order chi connectivity index (χ1) is 7.27. The molecule has 0 unspecified atom stereocenters. The SMILES string of the molecule is CC1=CC(=O)N2C1=NCc1ccccc12. The second-order valence-corrected chi connectivity index (χ2v) is 3.77. The Morgan fingerprint density at radius 3 is 3.00 bits per heavy atom. The van der Waals surface area contributed by atoms with E-state index in [9.17, 15) is 4.79 Å². The molecule has 1 amide bonds. The topological polar surface area (TPSA) is 32.7 Å². The number of para-hydroxylation sites is 1. The fourth-order valence-corrected chi connectivity index (χ4v) is 2.05. The highest BCUT2D eigenvalue weighted by Gasteiger charge is 2.31. The molecular weight excluding hydrogens is 188 g/mol. The van der Waals surface area contributed by atoms with Gasteiger partial charge >= 0.3 is 0 Å². The average Bonchev–Trinajstić information content (AvgIpc) is 2.55. The van der Waals surface area contributed by atoms with Gasteiger partial charge < -0.3 is 0 Å². The summed E-state index contributed by atoms with van der Waals surface area (Å²) in [5, 5.41) is 0. The van der Waals surface area contributed by atoms with E-state index in [-0.39, 0.29) is 5.91 Å². The normalized spacial score (nSPS) is 18.2. The Labute approximate surface area is 87.7 Å². The van der Waals surface area contributed by atoms with Crippen molar-refractivity contribution in [3.63, 3.8) is 0 Å². The van der Waals surface area contributed by atoms with Crippen LogP contribution < -0.4 is 4.90 Å². The van der Waals surface area contributed by atoms with Crippen molar-refractivity contribution in [1.29, 1.82) is 0 Å². The fourth-order valence-electron chi connectivity index (χ4n) is 2.05. The highest BCUT2D eigenvalue weighted by Crippen LogP contribution is 2.30. The summed E-state index contributed by atoms with van der Waals surface area (Å²) in [7, 11) is 0. The van der Waals surface area contributed by atoms with E-state index in [4.69, 9.17) is 0 Å². The second kappa shape index (κ2) is 2.79. The first kappa shape index (κ1) is 8.41. The molecule has 1 aromatic rings. The zero-order valence-electron chi connectivity index (χ0n) is 8.40. The van der Waals surface area contributed by atoms with Gasteiger partial charge in [0, 0.05) is 6.08 Å². The van der Waals surface area contributed by atoms with E-state index >= 15 is 0 Å². The number of hydrogen-bond acceptors (Lipinski definition) is 2. The lowest BCUT2D eigenvalue weighted by atomic mass is 10.1. The van der Waals surface area contributed by atoms with Crippen molar-refractivity contribution in [2.75, 3.05) is 4.90 Å². The number of nitrogens with zero attached hydrogens (tertiary/aromatic N) is 2. The third-order valence-corrected chi connectivity index (χ3v) is 2.76. The van der Waals surface area contributed by atoms with Gasteiger partial charge in [0.05, 0.1) is 12.2 Å². The van der Waals surface area contributed by atoms with Gasteiger partial charge in [0.15, 0.2) is 0 Å². The maximum absolute atomic E-state index is 11.8. The average molecular weight is 198 g/mol. The van der Waals surface area contributed by atoms with Gasteiger partial charge in [-0.1, -0.05) is 18.2 Å². The molecule has 3 nitrogen and oxygen atoms in total. The lowest BCUT2D eigenvalue weighted by molar-refractivity contribution is -0.113. The van der Waals surface area contributed by atoms with E-state index in [0.29, 0.717) is 6.54 Å². The summed E-state index contributed by atoms with van der Waals surface area (Å²) in [5.41, 5.74) is 3.04. The smallest absolute Gasteiger partial charge is 0.257 e. The Morgan fingerprint density at radius 1 is 1.33 bits per heavy atom. The minimum atomic E-state index is 0.0124. The summed E-state index contributed by atoms with van der Waals surface area (Å²) in [4.78, 5) is 17.9. The van der Waals surface area contributed by atoms with Crippen molar-refractivity contribution in [1.82, 2.24) is 0 Å². The summed E-state index contributed by atoms with van der Waals surface area (Å²) in [6, 6.07) is 7.90. The third-order valence-electron chi connectivity index (χ3n) is 2.76. The van der Waals surface area contributed by atoms with Crippen LogP contribution in [0.5, 0.6) is 0 Å². The molecule has 0 bridgehead atoms. The van der Waals surface area contributed by atoms with E-state index < -0.39 is 0 Å². The Kier molecular flexibility index (Phi) is 1.57. The maximum Gasteiger partial charge on any atom is 0.257 e. The molecule has 0 aromatic heterocycles. The highest BCUT2D eigenvalue weighted by atomic mass is 16.2. The monoisotopic (exact) mass is 198 g/mol. The van der Waals surface area contributed by atoms with Crippen molar-refractivity contribution < 1.29 is 4.79 Å². The third kappa shape index (κ3) is 1.06. The second-order valence-electron chi connectivity index (χ2n) is 3.77. The van der Waals surface area contributed by atoms with Crippen LogP contribution in [0.1, 0.15) is 12.5 Å². The number of benzene rings is 1. The Hall–Kier alpha value is -1.90. The summed E-state index contributed by atoms with van der Waals surface area (Å²) in [5.74, 6) is 0.817. The van der Waals surface area contributed by atoms with E-state index in [2.05, 4.69) is 4.99 Å². The van der Waals surface area contributed by atoms with Crippen molar-refractivity contribution in [2.24, 2.45) is 4.99 Å². The minimum absolute atomic E-state index is 0.0124. The number of carbonyl (C=O) groups is 1. The maximum atomic E-state index is 11.8. The van der Waals surface area contributed by atoms with Gasteiger partial charge in [0.25, 0.3) is 5.91 Å². The fraction of sp³-hybridized carbons (Fsp3) is 0.167. The lowest BCUT2D eigenvalue weighted by Crippen LogP contribution is -2.33. The Bertz CT molecular complexity index is 514. The van der Waals surface area contributed by atoms with Gasteiger partial charge in [-0.2, -0.15) is 0 Å². The van der Waals surface area contributed by atoms with Gasteiger partial charge in [0.1, 0.15) is 5.84 Å². The predicted molar refractivity (Wildman–Crippen MR) is 58.8 cm³/mol. The highest BCUT2D eigenvalue weighted by molar-refractivity contribution is 6.33. The standard InChI is InChI=1S/C12H10N2O/c1-8-6-11(15)14-10-5-3-2-4-9(10)7-13-12(8)14/h2-6H,7H2,1H3. The summed E-state index contributed by atoms with van der Waals surface area (Å²) < 4.78 is 0. The van der Waals surface area contributed by atoms with Crippen LogP contribution in [-0.2, 0) is 11.3 Å². The first-order valence-electron chi connectivity index (χ1n) is 4.92.